The van der Waals surface area contributed by atoms with Crippen molar-refractivity contribution < 1.29 is 12.4 Å². The third-order valence-electron chi connectivity index (χ3n) is 4.16. The standard InChI is InChI=1S/C14H15ClN4O3/c15-11-3-1-9(7-16-11)8-17-5-6-18-12-4-2-10(22-12)13(14(17)18)19(20)21/h1,3,7,10,12H,2,4-6,8H2/i8T2. The van der Waals surface area contributed by atoms with E-state index in [1.807, 2.05) is 4.90 Å². The average Bonchev–Trinajstić information content (AvgIpc) is 3.14. The summed E-state index contributed by atoms with van der Waals surface area (Å²) in [6, 6.07) is 3.07. The Morgan fingerprint density at radius 3 is 3.09 bits per heavy atom. The first-order valence-corrected chi connectivity index (χ1v) is 7.47. The first-order valence-electron chi connectivity index (χ1n) is 8.10. The highest BCUT2D eigenvalue weighted by Crippen LogP contribution is 2.41. The number of aromatic nitrogens is 1. The number of pyridine rings is 1. The Hall–Kier alpha value is -1.86. The molecule has 2 atom stereocenters. The largest absolute Gasteiger partial charge is 0.347 e. The minimum absolute atomic E-state index is 0.0490. The lowest BCUT2D eigenvalue weighted by molar-refractivity contribution is -0.443. The van der Waals surface area contributed by atoms with E-state index in [4.69, 9.17) is 19.1 Å². The molecule has 0 aliphatic carbocycles. The Bertz CT molecular complexity index is 727. The van der Waals surface area contributed by atoms with Crippen LogP contribution in [0.25, 0.3) is 0 Å². The molecule has 2 saturated heterocycles. The Morgan fingerprint density at radius 2 is 2.36 bits per heavy atom. The summed E-state index contributed by atoms with van der Waals surface area (Å²) in [5, 5.41) is 11.9. The second-order valence-electron chi connectivity index (χ2n) is 5.45. The van der Waals surface area contributed by atoms with Crippen LogP contribution >= 0.6 is 11.6 Å². The number of hydrogen-bond donors (Lipinski definition) is 0. The number of ether oxygens (including phenoxy) is 1. The van der Waals surface area contributed by atoms with Gasteiger partial charge < -0.3 is 14.5 Å². The van der Waals surface area contributed by atoms with E-state index in [1.54, 1.807) is 6.07 Å². The number of nitro groups is 1. The number of halogens is 1. The minimum atomic E-state index is -1.93. The highest BCUT2D eigenvalue weighted by molar-refractivity contribution is 6.29. The van der Waals surface area contributed by atoms with Gasteiger partial charge in [-0.2, -0.15) is 0 Å². The normalized spacial score (nSPS) is 28.6. The second kappa shape index (κ2) is 5.10. The van der Waals surface area contributed by atoms with Crippen molar-refractivity contribution in [1.82, 2.24) is 14.8 Å². The van der Waals surface area contributed by atoms with Gasteiger partial charge in [-0.15, -0.1) is 0 Å². The lowest BCUT2D eigenvalue weighted by Gasteiger charge is -2.32. The van der Waals surface area contributed by atoms with Crippen LogP contribution in [0.3, 0.4) is 0 Å². The van der Waals surface area contributed by atoms with Crippen LogP contribution in [0.4, 0.5) is 0 Å². The minimum Gasteiger partial charge on any atom is -0.347 e. The molecule has 7 nitrogen and oxygen atoms in total. The van der Waals surface area contributed by atoms with E-state index in [2.05, 4.69) is 4.98 Å². The summed E-state index contributed by atoms with van der Waals surface area (Å²) >= 11 is 5.77. The molecule has 0 aromatic carbocycles. The predicted molar refractivity (Wildman–Crippen MR) is 78.3 cm³/mol. The molecule has 1 aromatic rings. The fourth-order valence-electron chi connectivity index (χ4n) is 3.24. The van der Waals surface area contributed by atoms with Gasteiger partial charge in [-0.3, -0.25) is 10.1 Å². The molecule has 0 N–H and O–H groups in total. The zero-order valence-corrected chi connectivity index (χ0v) is 12.4. The molecule has 4 heterocycles. The maximum Gasteiger partial charge on any atom is 0.314 e. The van der Waals surface area contributed by atoms with E-state index >= 15 is 0 Å². The first-order chi connectivity index (χ1) is 11.4. The molecular formula is C14H15ClN4O3. The number of nitrogens with zero attached hydrogens (tertiary/aromatic N) is 4. The first kappa shape index (κ1) is 11.7. The van der Waals surface area contributed by atoms with E-state index < -0.39 is 17.5 Å². The van der Waals surface area contributed by atoms with E-state index in [0.29, 0.717) is 37.3 Å². The lowest BCUT2D eigenvalue weighted by atomic mass is 10.2. The molecule has 3 aliphatic heterocycles. The molecule has 2 fully saturated rings. The summed E-state index contributed by atoms with van der Waals surface area (Å²) < 4.78 is 22.8. The van der Waals surface area contributed by atoms with Gasteiger partial charge in [0.2, 0.25) is 0 Å². The fourth-order valence-corrected chi connectivity index (χ4v) is 3.35. The van der Waals surface area contributed by atoms with E-state index in [9.17, 15) is 10.1 Å². The Kier molecular flexibility index (Phi) is 2.71. The molecular weight excluding hydrogens is 308 g/mol. The molecule has 0 spiro atoms. The van der Waals surface area contributed by atoms with Crippen molar-refractivity contribution in [2.45, 2.75) is 31.7 Å². The van der Waals surface area contributed by atoms with Crippen molar-refractivity contribution in [2.75, 3.05) is 13.1 Å². The lowest BCUT2D eigenvalue weighted by Crippen LogP contribution is -2.41. The summed E-state index contributed by atoms with van der Waals surface area (Å²) in [6.45, 7) is -1.10. The van der Waals surface area contributed by atoms with Crippen molar-refractivity contribution in [1.29, 1.82) is 0 Å². The maximum absolute atomic E-state index is 11.6. The van der Waals surface area contributed by atoms with Crippen molar-refractivity contribution in [2.24, 2.45) is 0 Å². The Morgan fingerprint density at radius 1 is 1.50 bits per heavy atom. The van der Waals surface area contributed by atoms with Gasteiger partial charge in [0.25, 0.3) is 0 Å². The maximum atomic E-state index is 11.6. The molecule has 2 bridgehead atoms. The molecule has 0 saturated carbocycles. The number of rotatable bonds is 3. The fraction of sp³-hybridized carbons (Fsp3) is 0.500. The smallest absolute Gasteiger partial charge is 0.314 e. The van der Waals surface area contributed by atoms with Crippen molar-refractivity contribution >= 4 is 11.6 Å². The van der Waals surface area contributed by atoms with Crippen LogP contribution in [0.2, 0.25) is 5.15 Å². The van der Waals surface area contributed by atoms with Crippen LogP contribution in [0.1, 0.15) is 21.1 Å². The molecule has 1 aromatic heterocycles. The molecule has 0 radical (unpaired) electrons. The molecule has 22 heavy (non-hydrogen) atoms. The molecule has 116 valence electrons. The van der Waals surface area contributed by atoms with Crippen molar-refractivity contribution in [3.63, 3.8) is 0 Å². The topological polar surface area (TPSA) is 71.7 Å². The summed E-state index contributed by atoms with van der Waals surface area (Å²) in [7, 11) is 0. The zero-order valence-electron chi connectivity index (χ0n) is 13.6. The summed E-state index contributed by atoms with van der Waals surface area (Å²) in [5.74, 6) is 0.332. The molecule has 3 aliphatic rings. The third kappa shape index (κ3) is 2.12. The van der Waals surface area contributed by atoms with Gasteiger partial charge in [0, 0.05) is 25.8 Å². The zero-order chi connectivity index (χ0) is 17.1. The van der Waals surface area contributed by atoms with Gasteiger partial charge in [0.15, 0.2) is 11.9 Å². The van der Waals surface area contributed by atoms with Crippen LogP contribution in [0.15, 0.2) is 29.8 Å². The van der Waals surface area contributed by atoms with E-state index in [0.717, 1.165) is 0 Å². The number of hydrogen-bond acceptors (Lipinski definition) is 6. The van der Waals surface area contributed by atoms with Crippen LogP contribution in [-0.2, 0) is 11.2 Å². The van der Waals surface area contributed by atoms with Gasteiger partial charge in [0.05, 0.1) is 7.66 Å². The van der Waals surface area contributed by atoms with Gasteiger partial charge in [-0.05, 0) is 24.5 Å². The van der Waals surface area contributed by atoms with Crippen LogP contribution in [0, 0.1) is 10.1 Å². The van der Waals surface area contributed by atoms with E-state index in [-0.39, 0.29) is 17.1 Å². The molecule has 8 heteroatoms. The molecule has 2 unspecified atom stereocenters. The third-order valence-corrected chi connectivity index (χ3v) is 4.38. The van der Waals surface area contributed by atoms with Crippen molar-refractivity contribution in [3.8, 4) is 0 Å². The van der Waals surface area contributed by atoms with Gasteiger partial charge in [-0.1, -0.05) is 17.7 Å². The van der Waals surface area contributed by atoms with Crippen molar-refractivity contribution in [3.05, 3.63) is 50.7 Å². The van der Waals surface area contributed by atoms with Crippen LogP contribution < -0.4 is 0 Å². The SMILES string of the molecule is [3H]C([3H])(c1ccc(Cl)nc1)N1CCN2C1=C([N+](=O)[O-])C1CCC2O1. The van der Waals surface area contributed by atoms with Crippen LogP contribution in [0.5, 0.6) is 0 Å². The highest BCUT2D eigenvalue weighted by atomic mass is 35.5. The Balaban J connectivity index is 1.79. The monoisotopic (exact) mass is 326 g/mol. The van der Waals surface area contributed by atoms with Gasteiger partial charge in [-0.25, -0.2) is 4.98 Å². The number of fused-ring (bicyclic) bond motifs is 4. The summed E-state index contributed by atoms with van der Waals surface area (Å²) in [4.78, 5) is 18.3. The quantitative estimate of drug-likeness (QED) is 0.479. The van der Waals surface area contributed by atoms with E-state index in [1.165, 1.54) is 17.2 Å². The predicted octanol–water partition coefficient (Wildman–Crippen LogP) is 1.82. The summed E-state index contributed by atoms with van der Waals surface area (Å²) in [5.41, 5.74) is 0.259. The average molecular weight is 327 g/mol. The second-order valence-corrected chi connectivity index (χ2v) is 5.84. The van der Waals surface area contributed by atoms with Gasteiger partial charge >= 0.3 is 5.70 Å². The van der Waals surface area contributed by atoms with Crippen LogP contribution in [-0.4, -0.2) is 45.1 Å². The molecule has 4 rings (SSSR count). The highest BCUT2D eigenvalue weighted by Gasteiger charge is 2.50. The molecule has 0 amide bonds. The Labute approximate surface area is 135 Å². The van der Waals surface area contributed by atoms with Gasteiger partial charge in [0.1, 0.15) is 11.4 Å². The summed E-state index contributed by atoms with van der Waals surface area (Å²) in [6.07, 6.45) is 1.88.